The lowest BCUT2D eigenvalue weighted by Crippen LogP contribution is -2.27. The van der Waals surface area contributed by atoms with Crippen LogP contribution < -0.4 is 4.90 Å². The van der Waals surface area contributed by atoms with Crippen LogP contribution in [0.15, 0.2) is 48.5 Å². The molecule has 0 bridgehead atoms. The number of rotatable bonds is 5. The molecule has 4 nitrogen and oxygen atoms in total. The normalized spacial score (nSPS) is 14.0. The Morgan fingerprint density at radius 3 is 2.32 bits per heavy atom. The predicted molar refractivity (Wildman–Crippen MR) is 99.7 cm³/mol. The summed E-state index contributed by atoms with van der Waals surface area (Å²) < 4.78 is 0. The molecule has 2 aromatic rings. The van der Waals surface area contributed by atoms with Crippen LogP contribution in [-0.4, -0.2) is 30.3 Å². The van der Waals surface area contributed by atoms with Crippen LogP contribution in [0.3, 0.4) is 0 Å². The molecule has 25 heavy (non-hydrogen) atoms. The minimum absolute atomic E-state index is 0.0555. The summed E-state index contributed by atoms with van der Waals surface area (Å²) in [7, 11) is 1.80. The fraction of sp³-hybridized carbons (Fsp3) is 0.300. The summed E-state index contributed by atoms with van der Waals surface area (Å²) in [5.74, 6) is 0.228. The fourth-order valence-electron chi connectivity index (χ4n) is 2.98. The number of likely N-dealkylation sites (N-methyl/N-ethyl adjacent to an activating group) is 1. The zero-order valence-corrected chi connectivity index (χ0v) is 15.0. The highest BCUT2D eigenvalue weighted by Crippen LogP contribution is 2.22. The smallest absolute Gasteiger partial charge is 0.227 e. The van der Waals surface area contributed by atoms with Gasteiger partial charge in [0.05, 0.1) is 6.42 Å². The van der Waals surface area contributed by atoms with Crippen LogP contribution in [0.25, 0.3) is 0 Å². The van der Waals surface area contributed by atoms with Crippen molar-refractivity contribution in [3.63, 3.8) is 0 Å². The minimum Gasteiger partial charge on any atom is -0.341 e. The first-order chi connectivity index (χ1) is 12.0. The van der Waals surface area contributed by atoms with Gasteiger partial charge in [-0.2, -0.15) is 0 Å². The van der Waals surface area contributed by atoms with Crippen molar-refractivity contribution in [3.8, 4) is 0 Å². The summed E-state index contributed by atoms with van der Waals surface area (Å²) in [5, 5.41) is 0.689. The van der Waals surface area contributed by atoms with Crippen molar-refractivity contribution < 1.29 is 9.59 Å². The van der Waals surface area contributed by atoms with Crippen molar-refractivity contribution in [2.45, 2.75) is 25.8 Å². The molecular formula is C20H21ClN2O2. The van der Waals surface area contributed by atoms with Gasteiger partial charge in [0.15, 0.2) is 0 Å². The molecule has 0 radical (unpaired) electrons. The average Bonchev–Trinajstić information content (AvgIpc) is 3.03. The van der Waals surface area contributed by atoms with Gasteiger partial charge in [-0.15, -0.1) is 0 Å². The highest BCUT2D eigenvalue weighted by atomic mass is 35.5. The van der Waals surface area contributed by atoms with Gasteiger partial charge in [0.25, 0.3) is 0 Å². The largest absolute Gasteiger partial charge is 0.341 e. The third-order valence-electron chi connectivity index (χ3n) is 4.44. The molecule has 5 heteroatoms. The Morgan fingerprint density at radius 2 is 1.72 bits per heavy atom. The van der Waals surface area contributed by atoms with E-state index in [-0.39, 0.29) is 11.8 Å². The second-order valence-corrected chi connectivity index (χ2v) is 6.80. The number of hydrogen-bond acceptors (Lipinski definition) is 2. The standard InChI is InChI=1S/C20H21ClN2O2/c1-22(14-16-4-8-17(21)9-5-16)20(25)13-15-6-10-18(11-7-15)23-12-2-3-19(23)24/h4-11H,2-3,12-14H2,1H3. The van der Waals surface area contributed by atoms with Crippen LogP contribution in [0, 0.1) is 0 Å². The molecule has 1 saturated heterocycles. The van der Waals surface area contributed by atoms with Crippen LogP contribution >= 0.6 is 11.6 Å². The van der Waals surface area contributed by atoms with Gasteiger partial charge in [0.2, 0.25) is 11.8 Å². The number of amides is 2. The van der Waals surface area contributed by atoms with Gasteiger partial charge in [-0.1, -0.05) is 35.9 Å². The number of anilines is 1. The van der Waals surface area contributed by atoms with Crippen LogP contribution in [0.2, 0.25) is 5.02 Å². The van der Waals surface area contributed by atoms with Crippen molar-refractivity contribution in [2.24, 2.45) is 0 Å². The fourth-order valence-corrected chi connectivity index (χ4v) is 3.10. The summed E-state index contributed by atoms with van der Waals surface area (Å²) in [6.45, 7) is 1.33. The van der Waals surface area contributed by atoms with Crippen molar-refractivity contribution in [1.29, 1.82) is 0 Å². The lowest BCUT2D eigenvalue weighted by Gasteiger charge is -2.18. The Morgan fingerprint density at radius 1 is 1.08 bits per heavy atom. The first-order valence-electron chi connectivity index (χ1n) is 8.40. The van der Waals surface area contributed by atoms with E-state index < -0.39 is 0 Å². The number of carbonyl (C=O) groups excluding carboxylic acids is 2. The highest BCUT2D eigenvalue weighted by Gasteiger charge is 2.21. The van der Waals surface area contributed by atoms with Crippen molar-refractivity contribution in [1.82, 2.24) is 4.90 Å². The molecule has 2 amide bonds. The SMILES string of the molecule is CN(Cc1ccc(Cl)cc1)C(=O)Cc1ccc(N2CCCC2=O)cc1. The molecule has 1 aliphatic heterocycles. The van der Waals surface area contributed by atoms with E-state index in [1.165, 1.54) is 0 Å². The van der Waals surface area contributed by atoms with Crippen LogP contribution in [0.5, 0.6) is 0 Å². The zero-order chi connectivity index (χ0) is 17.8. The second kappa shape index (κ2) is 7.70. The van der Waals surface area contributed by atoms with E-state index in [4.69, 9.17) is 11.6 Å². The molecule has 0 unspecified atom stereocenters. The van der Waals surface area contributed by atoms with E-state index in [0.717, 1.165) is 29.8 Å². The predicted octanol–water partition coefficient (Wildman–Crippen LogP) is 3.67. The molecule has 130 valence electrons. The van der Waals surface area contributed by atoms with Crippen molar-refractivity contribution in [2.75, 3.05) is 18.5 Å². The number of hydrogen-bond donors (Lipinski definition) is 0. The van der Waals surface area contributed by atoms with Gasteiger partial charge in [-0.25, -0.2) is 0 Å². The van der Waals surface area contributed by atoms with Crippen LogP contribution in [0.1, 0.15) is 24.0 Å². The van der Waals surface area contributed by atoms with Gasteiger partial charge in [-0.3, -0.25) is 9.59 Å². The first-order valence-corrected chi connectivity index (χ1v) is 8.78. The summed E-state index contributed by atoms with van der Waals surface area (Å²) in [6.07, 6.45) is 1.88. The molecule has 0 aliphatic carbocycles. The average molecular weight is 357 g/mol. The Hall–Kier alpha value is -2.33. The maximum absolute atomic E-state index is 12.4. The third kappa shape index (κ3) is 4.40. The monoisotopic (exact) mass is 356 g/mol. The topological polar surface area (TPSA) is 40.6 Å². The Balaban J connectivity index is 1.58. The lowest BCUT2D eigenvalue weighted by molar-refractivity contribution is -0.129. The van der Waals surface area contributed by atoms with E-state index in [1.807, 2.05) is 48.5 Å². The molecule has 0 aromatic heterocycles. The molecule has 1 aliphatic rings. The quantitative estimate of drug-likeness (QED) is 0.820. The number of nitrogens with zero attached hydrogens (tertiary/aromatic N) is 2. The molecule has 0 atom stereocenters. The van der Waals surface area contributed by atoms with Crippen molar-refractivity contribution >= 4 is 29.1 Å². The van der Waals surface area contributed by atoms with Gasteiger partial charge < -0.3 is 9.80 Å². The maximum atomic E-state index is 12.4. The molecule has 1 heterocycles. The van der Waals surface area contributed by atoms with E-state index >= 15 is 0 Å². The number of benzene rings is 2. The minimum atomic E-state index is 0.0555. The lowest BCUT2D eigenvalue weighted by atomic mass is 10.1. The van der Waals surface area contributed by atoms with Gasteiger partial charge in [0, 0.05) is 37.3 Å². The first kappa shape index (κ1) is 17.5. The molecule has 1 fully saturated rings. The molecule has 3 rings (SSSR count). The van der Waals surface area contributed by atoms with E-state index in [9.17, 15) is 9.59 Å². The molecule has 2 aromatic carbocycles. The Bertz CT molecular complexity index is 756. The molecule has 0 N–H and O–H groups in total. The second-order valence-electron chi connectivity index (χ2n) is 6.37. The number of carbonyl (C=O) groups is 2. The van der Waals surface area contributed by atoms with E-state index in [1.54, 1.807) is 16.8 Å². The van der Waals surface area contributed by atoms with E-state index in [2.05, 4.69) is 0 Å². The van der Waals surface area contributed by atoms with Gasteiger partial charge in [-0.05, 0) is 41.8 Å². The summed E-state index contributed by atoms with van der Waals surface area (Å²) in [5.41, 5.74) is 2.90. The summed E-state index contributed by atoms with van der Waals surface area (Å²) in [4.78, 5) is 27.7. The van der Waals surface area contributed by atoms with Crippen LogP contribution in [-0.2, 0) is 22.6 Å². The molecule has 0 saturated carbocycles. The Labute approximate surface area is 153 Å². The maximum Gasteiger partial charge on any atom is 0.227 e. The van der Waals surface area contributed by atoms with E-state index in [0.29, 0.717) is 24.4 Å². The third-order valence-corrected chi connectivity index (χ3v) is 4.69. The highest BCUT2D eigenvalue weighted by molar-refractivity contribution is 6.30. The molecule has 0 spiro atoms. The van der Waals surface area contributed by atoms with Crippen molar-refractivity contribution in [3.05, 3.63) is 64.7 Å². The number of halogens is 1. The molecular weight excluding hydrogens is 336 g/mol. The zero-order valence-electron chi connectivity index (χ0n) is 14.2. The van der Waals surface area contributed by atoms with Crippen LogP contribution in [0.4, 0.5) is 5.69 Å². The van der Waals surface area contributed by atoms with Gasteiger partial charge in [0.1, 0.15) is 0 Å². The Kier molecular flexibility index (Phi) is 5.39. The summed E-state index contributed by atoms with van der Waals surface area (Å²) >= 11 is 5.88. The summed E-state index contributed by atoms with van der Waals surface area (Å²) in [6, 6.07) is 15.2. The van der Waals surface area contributed by atoms with Gasteiger partial charge >= 0.3 is 0 Å².